The number of imide groups is 1. The number of carbonyl (C=O) groups is 3. The third kappa shape index (κ3) is 4.12. The van der Waals surface area contributed by atoms with Crippen LogP contribution in [0.2, 0.25) is 0 Å². The van der Waals surface area contributed by atoms with E-state index in [4.69, 9.17) is 4.74 Å². The Kier molecular flexibility index (Phi) is 5.30. The molecular formula is C20H19N3O5. The van der Waals surface area contributed by atoms with Gasteiger partial charge in [-0.25, -0.2) is 9.69 Å². The zero-order valence-corrected chi connectivity index (χ0v) is 15.4. The molecule has 0 aromatic heterocycles. The Hall–Kier alpha value is -3.81. The van der Waals surface area contributed by atoms with Gasteiger partial charge in [0.05, 0.1) is 7.11 Å². The van der Waals surface area contributed by atoms with Crippen molar-refractivity contribution in [1.29, 1.82) is 0 Å². The highest BCUT2D eigenvalue weighted by Gasteiger charge is 2.34. The van der Waals surface area contributed by atoms with E-state index in [0.29, 0.717) is 11.3 Å². The zero-order valence-electron chi connectivity index (χ0n) is 15.4. The number of carbonyl (C=O) groups excluding carboxylic acids is 3. The topological polar surface area (TPSA) is 108 Å². The van der Waals surface area contributed by atoms with Crippen LogP contribution in [-0.4, -0.2) is 41.5 Å². The van der Waals surface area contributed by atoms with Gasteiger partial charge in [-0.3, -0.25) is 9.59 Å². The number of anilines is 1. The Labute approximate surface area is 161 Å². The number of ether oxygens (including phenoxy) is 1. The minimum atomic E-state index is -0.680. The predicted molar refractivity (Wildman–Crippen MR) is 103 cm³/mol. The van der Waals surface area contributed by atoms with Crippen LogP contribution in [0.15, 0.2) is 48.2 Å². The smallest absolute Gasteiger partial charge is 0.329 e. The van der Waals surface area contributed by atoms with Crippen LogP contribution in [0.5, 0.6) is 11.5 Å². The summed E-state index contributed by atoms with van der Waals surface area (Å²) >= 11 is 0. The number of aryl methyl sites for hydroxylation is 1. The second kappa shape index (κ2) is 7.83. The lowest BCUT2D eigenvalue weighted by Crippen LogP contribution is -2.38. The van der Waals surface area contributed by atoms with Gasteiger partial charge in [0.2, 0.25) is 5.91 Å². The first-order chi connectivity index (χ1) is 13.4. The minimum absolute atomic E-state index is 0.0286. The maximum atomic E-state index is 12.5. The molecule has 144 valence electrons. The van der Waals surface area contributed by atoms with Crippen LogP contribution in [0.1, 0.15) is 11.1 Å². The SMILES string of the molecule is COc1cc(C=C2NC(=O)N(CC(=O)Nc3ccc(C)cc3)C2=O)ccc1O. The maximum absolute atomic E-state index is 12.5. The summed E-state index contributed by atoms with van der Waals surface area (Å²) in [6.45, 7) is 1.52. The first kappa shape index (κ1) is 19.0. The minimum Gasteiger partial charge on any atom is -0.504 e. The highest BCUT2D eigenvalue weighted by atomic mass is 16.5. The number of amides is 4. The van der Waals surface area contributed by atoms with Crippen LogP contribution in [-0.2, 0) is 9.59 Å². The normalized spacial score (nSPS) is 14.9. The number of nitrogens with one attached hydrogen (secondary N) is 2. The number of hydrogen-bond donors (Lipinski definition) is 3. The summed E-state index contributed by atoms with van der Waals surface area (Å²) in [4.78, 5) is 37.6. The Bertz CT molecular complexity index is 966. The van der Waals surface area contributed by atoms with Crippen molar-refractivity contribution in [3.05, 3.63) is 59.3 Å². The second-order valence-electron chi connectivity index (χ2n) is 6.22. The number of aromatic hydroxyl groups is 1. The number of nitrogens with zero attached hydrogens (tertiary/aromatic N) is 1. The van der Waals surface area contributed by atoms with Crippen LogP contribution in [0.3, 0.4) is 0 Å². The van der Waals surface area contributed by atoms with Crippen LogP contribution in [0.4, 0.5) is 10.5 Å². The summed E-state index contributed by atoms with van der Waals surface area (Å²) in [5, 5.41) is 14.7. The van der Waals surface area contributed by atoms with E-state index < -0.39 is 24.4 Å². The van der Waals surface area contributed by atoms with Crippen molar-refractivity contribution >= 4 is 29.6 Å². The second-order valence-corrected chi connectivity index (χ2v) is 6.22. The zero-order chi connectivity index (χ0) is 20.3. The van der Waals surface area contributed by atoms with Crippen molar-refractivity contribution in [3.8, 4) is 11.5 Å². The van der Waals surface area contributed by atoms with Gasteiger partial charge in [-0.1, -0.05) is 23.8 Å². The fourth-order valence-corrected chi connectivity index (χ4v) is 2.65. The fourth-order valence-electron chi connectivity index (χ4n) is 2.65. The van der Waals surface area contributed by atoms with Gasteiger partial charge < -0.3 is 20.5 Å². The van der Waals surface area contributed by atoms with Gasteiger partial charge in [0.15, 0.2) is 11.5 Å². The summed E-state index contributed by atoms with van der Waals surface area (Å²) < 4.78 is 5.02. The summed E-state index contributed by atoms with van der Waals surface area (Å²) in [7, 11) is 1.41. The third-order valence-electron chi connectivity index (χ3n) is 4.11. The van der Waals surface area contributed by atoms with Gasteiger partial charge in [0.25, 0.3) is 5.91 Å². The number of phenolic OH excluding ortho intramolecular Hbond substituents is 1. The molecule has 1 aliphatic rings. The van der Waals surface area contributed by atoms with Crippen molar-refractivity contribution in [1.82, 2.24) is 10.2 Å². The standard InChI is InChI=1S/C20H19N3O5/c1-12-3-6-14(7-4-12)21-18(25)11-23-19(26)15(22-20(23)27)9-13-5-8-16(24)17(10-13)28-2/h3-10,24H,11H2,1-2H3,(H,21,25)(H,22,27). The van der Waals surface area contributed by atoms with Gasteiger partial charge >= 0.3 is 6.03 Å². The largest absolute Gasteiger partial charge is 0.504 e. The van der Waals surface area contributed by atoms with E-state index in [-0.39, 0.29) is 17.2 Å². The monoisotopic (exact) mass is 381 g/mol. The number of phenols is 1. The van der Waals surface area contributed by atoms with Gasteiger partial charge in [-0.2, -0.15) is 0 Å². The number of methoxy groups -OCH3 is 1. The molecular weight excluding hydrogens is 362 g/mol. The van der Waals surface area contributed by atoms with Crippen LogP contribution in [0.25, 0.3) is 6.08 Å². The Morgan fingerprint density at radius 1 is 1.21 bits per heavy atom. The predicted octanol–water partition coefficient (Wildman–Crippen LogP) is 2.24. The van der Waals surface area contributed by atoms with Crippen molar-refractivity contribution in [3.63, 3.8) is 0 Å². The molecule has 0 atom stereocenters. The lowest BCUT2D eigenvalue weighted by Gasteiger charge is -2.12. The molecule has 3 N–H and O–H groups in total. The van der Waals surface area contributed by atoms with Crippen molar-refractivity contribution in [2.45, 2.75) is 6.92 Å². The van der Waals surface area contributed by atoms with Crippen molar-refractivity contribution in [2.75, 3.05) is 19.0 Å². The van der Waals surface area contributed by atoms with E-state index in [9.17, 15) is 19.5 Å². The molecule has 1 aliphatic heterocycles. The van der Waals surface area contributed by atoms with Gasteiger partial charge in [0, 0.05) is 5.69 Å². The average Bonchev–Trinajstić information content (AvgIpc) is 2.92. The third-order valence-corrected chi connectivity index (χ3v) is 4.11. The van der Waals surface area contributed by atoms with E-state index >= 15 is 0 Å². The molecule has 8 heteroatoms. The molecule has 0 saturated carbocycles. The number of rotatable bonds is 5. The van der Waals surface area contributed by atoms with Crippen LogP contribution < -0.4 is 15.4 Å². The Morgan fingerprint density at radius 3 is 2.61 bits per heavy atom. The van der Waals surface area contributed by atoms with Gasteiger partial charge in [-0.15, -0.1) is 0 Å². The lowest BCUT2D eigenvalue weighted by molar-refractivity contribution is -0.127. The molecule has 1 fully saturated rings. The molecule has 3 rings (SSSR count). The molecule has 28 heavy (non-hydrogen) atoms. The van der Waals surface area contributed by atoms with E-state index in [0.717, 1.165) is 10.5 Å². The summed E-state index contributed by atoms with van der Waals surface area (Å²) in [6, 6.07) is 11.0. The molecule has 4 amide bonds. The molecule has 0 radical (unpaired) electrons. The summed E-state index contributed by atoms with van der Waals surface area (Å²) in [6.07, 6.45) is 1.44. The highest BCUT2D eigenvalue weighted by Crippen LogP contribution is 2.27. The first-order valence-corrected chi connectivity index (χ1v) is 8.45. The molecule has 0 unspecified atom stereocenters. The molecule has 1 saturated heterocycles. The molecule has 0 spiro atoms. The highest BCUT2D eigenvalue weighted by molar-refractivity contribution is 6.15. The van der Waals surface area contributed by atoms with Crippen LogP contribution >= 0.6 is 0 Å². The molecule has 1 heterocycles. The lowest BCUT2D eigenvalue weighted by atomic mass is 10.1. The first-order valence-electron chi connectivity index (χ1n) is 8.45. The molecule has 0 bridgehead atoms. The van der Waals surface area contributed by atoms with E-state index in [1.807, 2.05) is 19.1 Å². The number of hydrogen-bond acceptors (Lipinski definition) is 5. The fraction of sp³-hybridized carbons (Fsp3) is 0.150. The number of benzene rings is 2. The molecule has 2 aromatic rings. The van der Waals surface area contributed by atoms with E-state index in [2.05, 4.69) is 10.6 Å². The van der Waals surface area contributed by atoms with Crippen molar-refractivity contribution < 1.29 is 24.2 Å². The summed E-state index contributed by atoms with van der Waals surface area (Å²) in [5.41, 5.74) is 2.20. The van der Waals surface area contributed by atoms with Crippen molar-refractivity contribution in [2.24, 2.45) is 0 Å². The van der Waals surface area contributed by atoms with E-state index in [1.165, 1.54) is 25.3 Å². The van der Waals surface area contributed by atoms with Crippen LogP contribution in [0, 0.1) is 6.92 Å². The number of urea groups is 1. The van der Waals surface area contributed by atoms with Gasteiger partial charge in [0.1, 0.15) is 12.2 Å². The maximum Gasteiger partial charge on any atom is 0.329 e. The average molecular weight is 381 g/mol. The van der Waals surface area contributed by atoms with E-state index in [1.54, 1.807) is 18.2 Å². The molecule has 8 nitrogen and oxygen atoms in total. The summed E-state index contributed by atoms with van der Waals surface area (Å²) in [5.74, 6) is -0.905. The Balaban J connectivity index is 1.70. The van der Waals surface area contributed by atoms with Gasteiger partial charge in [-0.05, 0) is 42.8 Å². The molecule has 2 aromatic carbocycles. The quantitative estimate of drug-likeness (QED) is 0.544. The molecule has 0 aliphatic carbocycles. The Morgan fingerprint density at radius 2 is 1.93 bits per heavy atom.